The van der Waals surface area contributed by atoms with Gasteiger partial charge in [-0.1, -0.05) is 96.8 Å². The van der Waals surface area contributed by atoms with Crippen LogP contribution in [0, 0.1) is 0 Å². The number of rotatable bonds is 18. The molecule has 0 aliphatic carbocycles. The number of nitrogens with zero attached hydrogens (tertiary/aromatic N) is 1. The number of aliphatic hydroxyl groups excluding tert-OH is 1. The minimum absolute atomic E-state index is 0.290. The summed E-state index contributed by atoms with van der Waals surface area (Å²) < 4.78 is 0.290. The zero-order valence-corrected chi connectivity index (χ0v) is 16.9. The van der Waals surface area contributed by atoms with Crippen LogP contribution in [0.25, 0.3) is 0 Å². The third-order valence-electron chi connectivity index (χ3n) is 5.21. The summed E-state index contributed by atoms with van der Waals surface area (Å²) in [5.74, 6) is 0. The van der Waals surface area contributed by atoms with Crippen LogP contribution in [0.2, 0.25) is 0 Å². The Balaban J connectivity index is 3.13. The van der Waals surface area contributed by atoms with Crippen LogP contribution in [0.15, 0.2) is 0 Å². The standard InChI is InChI=1S/C21H46NO2/c1-4-5-6-7-8-9-10-11-12-13-14-15-16-17-18-19-20-22(2,3)21(23)24/h21,23-24H,4-20H2,1-3H3/q+1. The lowest BCUT2D eigenvalue weighted by Crippen LogP contribution is -2.49. The molecule has 0 saturated heterocycles. The van der Waals surface area contributed by atoms with E-state index in [1.807, 2.05) is 14.1 Å². The zero-order valence-electron chi connectivity index (χ0n) is 16.9. The lowest BCUT2D eigenvalue weighted by Gasteiger charge is -2.30. The maximum absolute atomic E-state index is 9.23. The van der Waals surface area contributed by atoms with E-state index >= 15 is 0 Å². The average molecular weight is 345 g/mol. The van der Waals surface area contributed by atoms with E-state index in [-0.39, 0.29) is 0 Å². The van der Waals surface area contributed by atoms with Gasteiger partial charge in [-0.2, -0.15) is 0 Å². The molecule has 0 radical (unpaired) electrons. The van der Waals surface area contributed by atoms with Crippen molar-refractivity contribution < 1.29 is 14.7 Å². The minimum Gasteiger partial charge on any atom is -0.322 e. The monoisotopic (exact) mass is 344 g/mol. The molecule has 0 aliphatic rings. The normalized spacial score (nSPS) is 12.2. The maximum Gasteiger partial charge on any atom is 0.303 e. The van der Waals surface area contributed by atoms with E-state index in [1.165, 1.54) is 96.3 Å². The Kier molecular flexibility index (Phi) is 16.3. The van der Waals surface area contributed by atoms with E-state index in [0.717, 1.165) is 13.0 Å². The summed E-state index contributed by atoms with van der Waals surface area (Å²) in [5.41, 5.74) is 0. The first-order valence-corrected chi connectivity index (χ1v) is 10.7. The Morgan fingerprint density at radius 3 is 1.12 bits per heavy atom. The molecule has 0 amide bonds. The highest BCUT2D eigenvalue weighted by molar-refractivity contribution is 4.50. The molecule has 0 aromatic rings. The molecule has 3 heteroatoms. The van der Waals surface area contributed by atoms with Crippen LogP contribution in [0.4, 0.5) is 0 Å². The first-order chi connectivity index (χ1) is 11.5. The Morgan fingerprint density at radius 1 is 0.542 bits per heavy atom. The molecule has 0 bridgehead atoms. The summed E-state index contributed by atoms with van der Waals surface area (Å²) in [6.45, 7) is 3.12. The smallest absolute Gasteiger partial charge is 0.303 e. The molecule has 2 N–H and O–H groups in total. The molecule has 0 aromatic carbocycles. The fourth-order valence-electron chi connectivity index (χ4n) is 3.18. The average Bonchev–Trinajstić information content (AvgIpc) is 2.54. The largest absolute Gasteiger partial charge is 0.322 e. The molecule has 0 spiro atoms. The molecule has 3 nitrogen and oxygen atoms in total. The minimum atomic E-state index is -1.25. The fourth-order valence-corrected chi connectivity index (χ4v) is 3.18. The highest BCUT2D eigenvalue weighted by Gasteiger charge is 2.22. The van der Waals surface area contributed by atoms with Crippen LogP contribution in [0.3, 0.4) is 0 Å². The van der Waals surface area contributed by atoms with E-state index in [1.54, 1.807) is 0 Å². The third kappa shape index (κ3) is 15.4. The van der Waals surface area contributed by atoms with Crippen molar-refractivity contribution in [3.05, 3.63) is 0 Å². The van der Waals surface area contributed by atoms with E-state index < -0.39 is 6.41 Å². The van der Waals surface area contributed by atoms with Gasteiger partial charge >= 0.3 is 6.41 Å². The second-order valence-electron chi connectivity index (χ2n) is 8.15. The quantitative estimate of drug-likeness (QED) is 0.193. The zero-order chi connectivity index (χ0) is 18.1. The Morgan fingerprint density at radius 2 is 0.833 bits per heavy atom. The maximum atomic E-state index is 9.23. The van der Waals surface area contributed by atoms with Gasteiger partial charge in [0.25, 0.3) is 0 Å². The molecule has 0 fully saturated rings. The predicted octanol–water partition coefficient (Wildman–Crippen LogP) is 5.59. The Hall–Kier alpha value is -0.120. The summed E-state index contributed by atoms with van der Waals surface area (Å²) >= 11 is 0. The summed E-state index contributed by atoms with van der Waals surface area (Å²) in [6, 6.07) is 0. The summed E-state index contributed by atoms with van der Waals surface area (Å²) in [7, 11) is 3.74. The molecule has 24 heavy (non-hydrogen) atoms. The molecule has 0 atom stereocenters. The molecule has 146 valence electrons. The lowest BCUT2D eigenvalue weighted by atomic mass is 10.0. The molecule has 0 unspecified atom stereocenters. The van der Waals surface area contributed by atoms with Crippen molar-refractivity contribution in [3.8, 4) is 0 Å². The number of hydrogen-bond acceptors (Lipinski definition) is 2. The summed E-state index contributed by atoms with van der Waals surface area (Å²) in [5, 5.41) is 18.5. The van der Waals surface area contributed by atoms with Crippen LogP contribution in [0.1, 0.15) is 110 Å². The van der Waals surface area contributed by atoms with Gasteiger partial charge in [0.05, 0.1) is 20.6 Å². The fraction of sp³-hybridized carbons (Fsp3) is 1.00. The van der Waals surface area contributed by atoms with Gasteiger partial charge in [0.2, 0.25) is 0 Å². The van der Waals surface area contributed by atoms with Crippen LogP contribution < -0.4 is 0 Å². The summed E-state index contributed by atoms with van der Waals surface area (Å²) in [6.07, 6.45) is 20.7. The van der Waals surface area contributed by atoms with Crippen LogP contribution in [-0.2, 0) is 0 Å². The molecule has 0 rings (SSSR count). The van der Waals surface area contributed by atoms with E-state index in [4.69, 9.17) is 0 Å². The van der Waals surface area contributed by atoms with Gasteiger partial charge in [-0.25, -0.2) is 0 Å². The van der Waals surface area contributed by atoms with Gasteiger partial charge in [0.1, 0.15) is 0 Å². The van der Waals surface area contributed by atoms with Crippen molar-refractivity contribution in [1.82, 2.24) is 0 Å². The van der Waals surface area contributed by atoms with Gasteiger partial charge in [-0.05, 0) is 12.8 Å². The van der Waals surface area contributed by atoms with Gasteiger partial charge in [0.15, 0.2) is 0 Å². The molecular weight excluding hydrogens is 298 g/mol. The summed E-state index contributed by atoms with van der Waals surface area (Å²) in [4.78, 5) is 0. The molecule has 0 aliphatic heterocycles. The number of unbranched alkanes of at least 4 members (excludes halogenated alkanes) is 15. The van der Waals surface area contributed by atoms with Crippen molar-refractivity contribution >= 4 is 0 Å². The molecule has 0 saturated carbocycles. The van der Waals surface area contributed by atoms with Gasteiger partial charge in [-0.15, -0.1) is 0 Å². The van der Waals surface area contributed by atoms with Crippen molar-refractivity contribution in [1.29, 1.82) is 0 Å². The van der Waals surface area contributed by atoms with Crippen LogP contribution >= 0.6 is 0 Å². The van der Waals surface area contributed by atoms with Gasteiger partial charge in [-0.3, -0.25) is 4.48 Å². The van der Waals surface area contributed by atoms with Crippen LogP contribution in [-0.4, -0.2) is 41.8 Å². The van der Waals surface area contributed by atoms with Crippen molar-refractivity contribution in [3.63, 3.8) is 0 Å². The van der Waals surface area contributed by atoms with E-state index in [2.05, 4.69) is 6.92 Å². The van der Waals surface area contributed by atoms with E-state index in [0.29, 0.717) is 4.48 Å². The van der Waals surface area contributed by atoms with Gasteiger partial charge < -0.3 is 10.2 Å². The lowest BCUT2D eigenvalue weighted by molar-refractivity contribution is -0.960. The first kappa shape index (κ1) is 23.9. The van der Waals surface area contributed by atoms with E-state index in [9.17, 15) is 10.2 Å². The second-order valence-corrected chi connectivity index (χ2v) is 8.15. The first-order valence-electron chi connectivity index (χ1n) is 10.7. The highest BCUT2D eigenvalue weighted by atomic mass is 16.5. The number of quaternary nitrogens is 1. The highest BCUT2D eigenvalue weighted by Crippen LogP contribution is 2.14. The predicted molar refractivity (Wildman–Crippen MR) is 105 cm³/mol. The van der Waals surface area contributed by atoms with Gasteiger partial charge in [0, 0.05) is 0 Å². The molecule has 0 aromatic heterocycles. The van der Waals surface area contributed by atoms with Crippen molar-refractivity contribution in [2.24, 2.45) is 0 Å². The third-order valence-corrected chi connectivity index (χ3v) is 5.21. The Bertz CT molecular complexity index is 254. The molecule has 0 heterocycles. The number of hydrogen-bond donors (Lipinski definition) is 2. The topological polar surface area (TPSA) is 40.5 Å². The van der Waals surface area contributed by atoms with Crippen molar-refractivity contribution in [2.45, 2.75) is 116 Å². The van der Waals surface area contributed by atoms with Crippen LogP contribution in [0.5, 0.6) is 0 Å². The number of aliphatic hydroxyl groups is 2. The molecular formula is C21H46NO2+. The second kappa shape index (κ2) is 16.4. The Labute approximate surface area is 152 Å². The SMILES string of the molecule is CCCCCCCCCCCCCCCCCC[N+](C)(C)C(O)O. The van der Waals surface area contributed by atoms with Crippen molar-refractivity contribution in [2.75, 3.05) is 20.6 Å².